The standard InChI is InChI=1S/C21H16F3N5O3/c1-2-16-15(11-26-29(16)17-5-3-4-10-25-17)20(30)31-12-18-27-19(28-32-18)13-6-8-14(9-7-13)21(22,23)24/h3-11H,2,12H2,1H3. The van der Waals surface area contributed by atoms with E-state index in [1.165, 1.54) is 18.3 Å². The Morgan fingerprint density at radius 1 is 1.16 bits per heavy atom. The van der Waals surface area contributed by atoms with Crippen molar-refractivity contribution in [1.82, 2.24) is 24.9 Å². The fraction of sp³-hybridized carbons (Fsp3) is 0.190. The van der Waals surface area contributed by atoms with Crippen molar-refractivity contribution in [3.8, 4) is 17.2 Å². The lowest BCUT2D eigenvalue weighted by molar-refractivity contribution is -0.137. The van der Waals surface area contributed by atoms with Crippen LogP contribution in [0.25, 0.3) is 17.2 Å². The molecule has 3 aromatic heterocycles. The Labute approximate surface area is 179 Å². The van der Waals surface area contributed by atoms with E-state index < -0.39 is 17.7 Å². The van der Waals surface area contributed by atoms with Gasteiger partial charge in [-0.1, -0.05) is 30.3 Å². The van der Waals surface area contributed by atoms with E-state index in [2.05, 4.69) is 20.2 Å². The van der Waals surface area contributed by atoms with Crippen molar-refractivity contribution in [3.05, 3.63) is 77.6 Å². The first kappa shape index (κ1) is 21.2. The summed E-state index contributed by atoms with van der Waals surface area (Å²) in [6, 6.07) is 9.69. The minimum Gasteiger partial charge on any atom is -0.452 e. The second-order valence-corrected chi connectivity index (χ2v) is 6.62. The predicted molar refractivity (Wildman–Crippen MR) is 105 cm³/mol. The second-order valence-electron chi connectivity index (χ2n) is 6.62. The second kappa shape index (κ2) is 8.61. The normalized spacial score (nSPS) is 11.5. The molecule has 0 aliphatic carbocycles. The Morgan fingerprint density at radius 2 is 1.94 bits per heavy atom. The minimum atomic E-state index is -4.43. The number of alkyl halides is 3. The number of benzene rings is 1. The van der Waals surface area contributed by atoms with Crippen LogP contribution in [0.15, 0.2) is 59.4 Å². The number of nitrogens with zero attached hydrogens (tertiary/aromatic N) is 5. The zero-order valence-corrected chi connectivity index (χ0v) is 16.7. The van der Waals surface area contributed by atoms with Gasteiger partial charge >= 0.3 is 12.1 Å². The molecule has 0 fully saturated rings. The summed E-state index contributed by atoms with van der Waals surface area (Å²) < 4.78 is 49.9. The molecule has 164 valence electrons. The molecule has 1 aromatic carbocycles. The number of hydrogen-bond donors (Lipinski definition) is 0. The van der Waals surface area contributed by atoms with Gasteiger partial charge in [-0.3, -0.25) is 0 Å². The Kier molecular flexibility index (Phi) is 5.71. The molecule has 0 unspecified atom stereocenters. The van der Waals surface area contributed by atoms with Crippen molar-refractivity contribution in [2.75, 3.05) is 0 Å². The number of rotatable bonds is 6. The molecule has 8 nitrogen and oxygen atoms in total. The van der Waals surface area contributed by atoms with Gasteiger partial charge in [0.05, 0.1) is 17.5 Å². The zero-order chi connectivity index (χ0) is 22.7. The van der Waals surface area contributed by atoms with Gasteiger partial charge in [-0.05, 0) is 30.7 Å². The van der Waals surface area contributed by atoms with Crippen molar-refractivity contribution in [2.24, 2.45) is 0 Å². The Morgan fingerprint density at radius 3 is 2.59 bits per heavy atom. The summed E-state index contributed by atoms with van der Waals surface area (Å²) in [5.74, 6) is 0.0326. The first-order chi connectivity index (χ1) is 15.4. The van der Waals surface area contributed by atoms with Gasteiger partial charge < -0.3 is 9.26 Å². The molecule has 11 heteroatoms. The van der Waals surface area contributed by atoms with E-state index in [0.717, 1.165) is 12.1 Å². The third-order valence-electron chi connectivity index (χ3n) is 4.56. The van der Waals surface area contributed by atoms with E-state index in [1.54, 1.807) is 23.0 Å². The molecule has 0 aliphatic heterocycles. The average molecular weight is 443 g/mol. The van der Waals surface area contributed by atoms with Crippen LogP contribution in [0.2, 0.25) is 0 Å². The summed E-state index contributed by atoms with van der Waals surface area (Å²) in [6.45, 7) is 1.58. The molecule has 3 heterocycles. The van der Waals surface area contributed by atoms with Gasteiger partial charge in [0.1, 0.15) is 5.56 Å². The van der Waals surface area contributed by atoms with Gasteiger partial charge in [0.25, 0.3) is 5.89 Å². The van der Waals surface area contributed by atoms with Crippen LogP contribution < -0.4 is 0 Å². The number of halogens is 3. The van der Waals surface area contributed by atoms with Crippen LogP contribution in [0.3, 0.4) is 0 Å². The molecule has 0 bridgehead atoms. The van der Waals surface area contributed by atoms with Gasteiger partial charge in [0.15, 0.2) is 12.4 Å². The lowest BCUT2D eigenvalue weighted by Crippen LogP contribution is -2.10. The highest BCUT2D eigenvalue weighted by molar-refractivity contribution is 5.90. The van der Waals surface area contributed by atoms with E-state index >= 15 is 0 Å². The number of pyridine rings is 1. The average Bonchev–Trinajstić information content (AvgIpc) is 3.45. The van der Waals surface area contributed by atoms with Crippen molar-refractivity contribution in [1.29, 1.82) is 0 Å². The van der Waals surface area contributed by atoms with E-state index in [9.17, 15) is 18.0 Å². The number of ether oxygens (including phenoxy) is 1. The zero-order valence-electron chi connectivity index (χ0n) is 16.7. The Bertz CT molecular complexity index is 1220. The monoisotopic (exact) mass is 443 g/mol. The molecule has 0 atom stereocenters. The third-order valence-corrected chi connectivity index (χ3v) is 4.56. The van der Waals surface area contributed by atoms with Crippen LogP contribution in [0.1, 0.15) is 34.4 Å². The summed E-state index contributed by atoms with van der Waals surface area (Å²) in [6.07, 6.45) is -0.897. The molecular weight excluding hydrogens is 427 g/mol. The molecule has 0 amide bonds. The third kappa shape index (κ3) is 4.36. The summed E-state index contributed by atoms with van der Waals surface area (Å²) in [7, 11) is 0. The number of hydrogen-bond acceptors (Lipinski definition) is 7. The maximum absolute atomic E-state index is 12.7. The summed E-state index contributed by atoms with van der Waals surface area (Å²) in [5, 5.41) is 7.95. The maximum atomic E-state index is 12.7. The van der Waals surface area contributed by atoms with Crippen LogP contribution in [-0.2, 0) is 23.9 Å². The topological polar surface area (TPSA) is 95.9 Å². The highest BCUT2D eigenvalue weighted by Crippen LogP contribution is 2.30. The molecular formula is C21H16F3N5O3. The van der Waals surface area contributed by atoms with Crippen molar-refractivity contribution >= 4 is 5.97 Å². The lowest BCUT2D eigenvalue weighted by atomic mass is 10.1. The van der Waals surface area contributed by atoms with Crippen molar-refractivity contribution in [3.63, 3.8) is 0 Å². The molecule has 0 saturated heterocycles. The highest BCUT2D eigenvalue weighted by Gasteiger charge is 2.30. The fourth-order valence-corrected chi connectivity index (χ4v) is 3.01. The fourth-order valence-electron chi connectivity index (χ4n) is 3.01. The van der Waals surface area contributed by atoms with Gasteiger partial charge in [-0.15, -0.1) is 0 Å². The van der Waals surface area contributed by atoms with Gasteiger partial charge in [-0.25, -0.2) is 14.5 Å². The molecule has 4 rings (SSSR count). The van der Waals surface area contributed by atoms with Crippen LogP contribution >= 0.6 is 0 Å². The summed E-state index contributed by atoms with van der Waals surface area (Å²) in [4.78, 5) is 20.9. The Balaban J connectivity index is 1.44. The summed E-state index contributed by atoms with van der Waals surface area (Å²) in [5.41, 5.74) is 0.464. The first-order valence-electron chi connectivity index (χ1n) is 9.52. The van der Waals surface area contributed by atoms with Crippen LogP contribution in [-0.4, -0.2) is 30.9 Å². The lowest BCUT2D eigenvalue weighted by Gasteiger charge is -2.06. The van der Waals surface area contributed by atoms with Gasteiger partial charge in [0.2, 0.25) is 5.82 Å². The number of esters is 1. The molecule has 0 radical (unpaired) electrons. The van der Waals surface area contributed by atoms with Crippen molar-refractivity contribution in [2.45, 2.75) is 26.1 Å². The molecule has 32 heavy (non-hydrogen) atoms. The van der Waals surface area contributed by atoms with E-state index in [0.29, 0.717) is 23.5 Å². The van der Waals surface area contributed by atoms with Crippen molar-refractivity contribution < 1.29 is 27.2 Å². The van der Waals surface area contributed by atoms with E-state index in [1.807, 2.05) is 13.0 Å². The minimum absolute atomic E-state index is 0.00316. The smallest absolute Gasteiger partial charge is 0.416 e. The SMILES string of the molecule is CCc1c(C(=O)OCc2nc(-c3ccc(C(F)(F)F)cc3)no2)cnn1-c1ccccn1. The molecule has 0 spiro atoms. The van der Waals surface area contributed by atoms with Crippen LogP contribution in [0, 0.1) is 0 Å². The number of carbonyl (C=O) groups excluding carboxylic acids is 1. The molecule has 0 N–H and O–H groups in total. The first-order valence-corrected chi connectivity index (χ1v) is 9.52. The van der Waals surface area contributed by atoms with E-state index in [4.69, 9.17) is 9.26 Å². The molecule has 4 aromatic rings. The number of aromatic nitrogens is 5. The maximum Gasteiger partial charge on any atom is 0.416 e. The summed E-state index contributed by atoms with van der Waals surface area (Å²) >= 11 is 0. The van der Waals surface area contributed by atoms with E-state index in [-0.39, 0.29) is 23.9 Å². The predicted octanol–water partition coefficient (Wildman–Crippen LogP) is 4.26. The largest absolute Gasteiger partial charge is 0.452 e. The quantitative estimate of drug-likeness (QED) is 0.411. The van der Waals surface area contributed by atoms with Crippen LogP contribution in [0.5, 0.6) is 0 Å². The van der Waals surface area contributed by atoms with Gasteiger partial charge in [0, 0.05) is 11.8 Å². The molecule has 0 saturated carbocycles. The van der Waals surface area contributed by atoms with Gasteiger partial charge in [-0.2, -0.15) is 23.3 Å². The highest BCUT2D eigenvalue weighted by atomic mass is 19.4. The van der Waals surface area contributed by atoms with Crippen LogP contribution in [0.4, 0.5) is 13.2 Å². The number of carbonyl (C=O) groups is 1. The Hall–Kier alpha value is -4.02. The molecule has 0 aliphatic rings.